The molecule has 6 nitrogen and oxygen atoms in total. The quantitative estimate of drug-likeness (QED) is 0.708. The molecule has 1 aromatic heterocycles. The van der Waals surface area contributed by atoms with Crippen LogP contribution in [0.4, 0.5) is 0 Å². The SMILES string of the molecule is O=C(CCc1ccco1)NCCNS(=O)(=O)c1cccc(Cl)c1. The maximum atomic E-state index is 12.0. The van der Waals surface area contributed by atoms with E-state index in [2.05, 4.69) is 10.0 Å². The fraction of sp³-hybridized carbons (Fsp3) is 0.267. The molecule has 0 aliphatic heterocycles. The van der Waals surface area contributed by atoms with Crippen molar-refractivity contribution in [2.45, 2.75) is 17.7 Å². The topological polar surface area (TPSA) is 88.4 Å². The van der Waals surface area contributed by atoms with Crippen LogP contribution in [0.15, 0.2) is 52.0 Å². The molecule has 8 heteroatoms. The van der Waals surface area contributed by atoms with Crippen molar-refractivity contribution in [3.8, 4) is 0 Å². The van der Waals surface area contributed by atoms with Crippen molar-refractivity contribution in [3.05, 3.63) is 53.4 Å². The van der Waals surface area contributed by atoms with E-state index in [-0.39, 0.29) is 30.3 Å². The smallest absolute Gasteiger partial charge is 0.240 e. The van der Waals surface area contributed by atoms with Crippen molar-refractivity contribution in [1.29, 1.82) is 0 Å². The van der Waals surface area contributed by atoms with E-state index in [0.29, 0.717) is 11.4 Å². The molecule has 1 heterocycles. The number of amides is 1. The summed E-state index contributed by atoms with van der Waals surface area (Å²) >= 11 is 5.77. The van der Waals surface area contributed by atoms with Gasteiger partial charge in [-0.25, -0.2) is 13.1 Å². The third-order valence-electron chi connectivity index (χ3n) is 3.02. The summed E-state index contributed by atoms with van der Waals surface area (Å²) in [6.07, 6.45) is 2.35. The van der Waals surface area contributed by atoms with Gasteiger partial charge in [-0.1, -0.05) is 17.7 Å². The molecule has 0 unspecified atom stereocenters. The highest BCUT2D eigenvalue weighted by Gasteiger charge is 2.13. The number of nitrogens with one attached hydrogen (secondary N) is 2. The van der Waals surface area contributed by atoms with Gasteiger partial charge in [0.25, 0.3) is 0 Å². The van der Waals surface area contributed by atoms with Gasteiger partial charge < -0.3 is 9.73 Å². The molecule has 0 radical (unpaired) electrons. The maximum absolute atomic E-state index is 12.0. The van der Waals surface area contributed by atoms with Gasteiger partial charge >= 0.3 is 0 Å². The summed E-state index contributed by atoms with van der Waals surface area (Å²) in [5.74, 6) is 0.574. The number of aryl methyl sites for hydroxylation is 1. The number of furan rings is 1. The zero-order valence-electron chi connectivity index (χ0n) is 12.3. The highest BCUT2D eigenvalue weighted by atomic mass is 35.5. The van der Waals surface area contributed by atoms with Gasteiger partial charge in [-0.15, -0.1) is 0 Å². The first kappa shape index (κ1) is 17.5. The van der Waals surface area contributed by atoms with Gasteiger partial charge in [-0.05, 0) is 30.3 Å². The number of carbonyl (C=O) groups excluding carboxylic acids is 1. The molecule has 0 bridgehead atoms. The van der Waals surface area contributed by atoms with E-state index < -0.39 is 10.0 Å². The molecule has 2 N–H and O–H groups in total. The average Bonchev–Trinajstić information content (AvgIpc) is 3.03. The van der Waals surface area contributed by atoms with Gasteiger partial charge in [-0.3, -0.25) is 4.79 Å². The van der Waals surface area contributed by atoms with Crippen molar-refractivity contribution < 1.29 is 17.6 Å². The van der Waals surface area contributed by atoms with Gasteiger partial charge in [0.15, 0.2) is 0 Å². The maximum Gasteiger partial charge on any atom is 0.240 e. The largest absolute Gasteiger partial charge is 0.469 e. The lowest BCUT2D eigenvalue weighted by Crippen LogP contribution is -2.34. The van der Waals surface area contributed by atoms with Gasteiger partial charge in [-0.2, -0.15) is 0 Å². The second-order valence-corrected chi connectivity index (χ2v) is 6.99. The van der Waals surface area contributed by atoms with Crippen molar-refractivity contribution in [2.75, 3.05) is 13.1 Å². The van der Waals surface area contributed by atoms with Crippen molar-refractivity contribution in [3.63, 3.8) is 0 Å². The lowest BCUT2D eigenvalue weighted by molar-refractivity contribution is -0.121. The summed E-state index contributed by atoms with van der Waals surface area (Å²) in [7, 11) is -3.63. The summed E-state index contributed by atoms with van der Waals surface area (Å²) in [5, 5.41) is 2.99. The molecule has 2 rings (SSSR count). The third kappa shape index (κ3) is 5.70. The lowest BCUT2D eigenvalue weighted by atomic mass is 10.2. The summed E-state index contributed by atoms with van der Waals surface area (Å²) < 4.78 is 31.6. The van der Waals surface area contributed by atoms with E-state index >= 15 is 0 Å². The molecule has 1 aromatic carbocycles. The number of carbonyl (C=O) groups is 1. The van der Waals surface area contributed by atoms with Crippen LogP contribution in [0, 0.1) is 0 Å². The fourth-order valence-corrected chi connectivity index (χ4v) is 3.22. The summed E-state index contributed by atoms with van der Waals surface area (Å²) in [5.41, 5.74) is 0. The van der Waals surface area contributed by atoms with Gasteiger partial charge in [0.05, 0.1) is 11.2 Å². The first-order valence-electron chi connectivity index (χ1n) is 7.02. The first-order chi connectivity index (χ1) is 11.0. The second kappa shape index (κ2) is 8.14. The Balaban J connectivity index is 1.71. The van der Waals surface area contributed by atoms with Crippen LogP contribution in [0.25, 0.3) is 0 Å². The third-order valence-corrected chi connectivity index (χ3v) is 4.72. The Morgan fingerprint density at radius 1 is 1.17 bits per heavy atom. The molecule has 1 amide bonds. The Bertz CT molecular complexity index is 745. The number of benzene rings is 1. The minimum absolute atomic E-state index is 0.0918. The van der Waals surface area contributed by atoms with Crippen LogP contribution in [-0.2, 0) is 21.2 Å². The van der Waals surface area contributed by atoms with Gasteiger partial charge in [0, 0.05) is 31.0 Å². The van der Waals surface area contributed by atoms with Crippen LogP contribution >= 0.6 is 11.6 Å². The number of hydrogen-bond acceptors (Lipinski definition) is 4. The Morgan fingerprint density at radius 2 is 2.00 bits per heavy atom. The average molecular weight is 357 g/mol. The summed E-state index contributed by atoms with van der Waals surface area (Å²) in [4.78, 5) is 11.7. The second-order valence-electron chi connectivity index (χ2n) is 4.78. The molecule has 23 heavy (non-hydrogen) atoms. The van der Waals surface area contributed by atoms with E-state index in [1.807, 2.05) is 0 Å². The summed E-state index contributed by atoms with van der Waals surface area (Å²) in [6.45, 7) is 0.304. The normalized spacial score (nSPS) is 11.3. The van der Waals surface area contributed by atoms with Crippen molar-refractivity contribution >= 4 is 27.5 Å². The molecule has 2 aromatic rings. The molecular weight excluding hydrogens is 340 g/mol. The molecule has 0 fully saturated rings. The minimum Gasteiger partial charge on any atom is -0.469 e. The Hall–Kier alpha value is -1.83. The molecule has 0 saturated carbocycles. The predicted molar refractivity (Wildman–Crippen MR) is 86.7 cm³/mol. The Morgan fingerprint density at radius 3 is 2.70 bits per heavy atom. The number of rotatable bonds is 8. The van der Waals surface area contributed by atoms with Crippen molar-refractivity contribution in [1.82, 2.24) is 10.0 Å². The van der Waals surface area contributed by atoms with Crippen LogP contribution in [0.1, 0.15) is 12.2 Å². The predicted octanol–water partition coefficient (Wildman–Crippen LogP) is 1.96. The van der Waals surface area contributed by atoms with E-state index in [9.17, 15) is 13.2 Å². The standard InChI is InChI=1S/C15H17ClN2O4S/c16-12-3-1-5-14(11-12)23(20,21)18-9-8-17-15(19)7-6-13-4-2-10-22-13/h1-5,10-11,18H,6-9H2,(H,17,19). The van der Waals surface area contributed by atoms with Gasteiger partial charge in [0.2, 0.25) is 15.9 Å². The van der Waals surface area contributed by atoms with Gasteiger partial charge in [0.1, 0.15) is 5.76 Å². The number of hydrogen-bond donors (Lipinski definition) is 2. The lowest BCUT2D eigenvalue weighted by Gasteiger charge is -2.08. The fourth-order valence-electron chi connectivity index (χ4n) is 1.88. The van der Waals surface area contributed by atoms with E-state index in [4.69, 9.17) is 16.0 Å². The zero-order valence-corrected chi connectivity index (χ0v) is 13.9. The molecule has 0 saturated heterocycles. The van der Waals surface area contributed by atoms with Crippen LogP contribution in [-0.4, -0.2) is 27.4 Å². The molecule has 0 spiro atoms. The highest BCUT2D eigenvalue weighted by Crippen LogP contribution is 2.14. The van der Waals surface area contributed by atoms with Crippen molar-refractivity contribution in [2.24, 2.45) is 0 Å². The van der Waals surface area contributed by atoms with E-state index in [0.717, 1.165) is 5.76 Å². The van der Waals surface area contributed by atoms with E-state index in [1.165, 1.54) is 12.1 Å². The summed E-state index contributed by atoms with van der Waals surface area (Å²) in [6, 6.07) is 9.54. The van der Waals surface area contributed by atoms with Crippen LogP contribution in [0.2, 0.25) is 5.02 Å². The Kier molecular flexibility index (Phi) is 6.20. The highest BCUT2D eigenvalue weighted by molar-refractivity contribution is 7.89. The monoisotopic (exact) mass is 356 g/mol. The molecule has 124 valence electrons. The van der Waals surface area contributed by atoms with Crippen LogP contribution in [0.5, 0.6) is 0 Å². The van der Waals surface area contributed by atoms with Crippen LogP contribution < -0.4 is 10.0 Å². The van der Waals surface area contributed by atoms with E-state index in [1.54, 1.807) is 30.5 Å². The number of halogens is 1. The molecule has 0 aliphatic carbocycles. The molecule has 0 atom stereocenters. The Labute approximate surface area is 139 Å². The molecular formula is C15H17ClN2O4S. The molecule has 0 aliphatic rings. The first-order valence-corrected chi connectivity index (χ1v) is 8.88. The zero-order chi connectivity index (χ0) is 16.7. The van der Waals surface area contributed by atoms with Crippen LogP contribution in [0.3, 0.4) is 0 Å². The minimum atomic E-state index is -3.63. The number of sulfonamides is 1.